The predicted molar refractivity (Wildman–Crippen MR) is 71.5 cm³/mol. The van der Waals surface area contributed by atoms with Crippen molar-refractivity contribution >= 4 is 27.8 Å². The molecule has 0 unspecified atom stereocenters. The van der Waals surface area contributed by atoms with Gasteiger partial charge in [0.1, 0.15) is 6.29 Å². The second-order valence-electron chi connectivity index (χ2n) is 3.47. The first kappa shape index (κ1) is 11.7. The van der Waals surface area contributed by atoms with Crippen LogP contribution in [0.15, 0.2) is 59.3 Å². The van der Waals surface area contributed by atoms with Gasteiger partial charge in [-0.2, -0.15) is 0 Å². The lowest BCUT2D eigenvalue weighted by atomic mass is 9.99. The molecule has 0 saturated carbocycles. The molecule has 0 saturated heterocycles. The topological polar surface area (TPSA) is 30.0 Å². The first-order chi connectivity index (χ1) is 8.31. The van der Waals surface area contributed by atoms with E-state index in [1.807, 2.05) is 36.4 Å². The Morgan fingerprint density at radius 3 is 2.47 bits per heavy atom. The lowest BCUT2D eigenvalue weighted by molar-refractivity contribution is -0.104. The molecule has 0 aliphatic heterocycles. The number of nitrogens with zero attached hydrogens (tertiary/aromatic N) is 1. The standard InChI is InChI=1S/C14H10BrNO/c15-13-5-3-11(4-6-13)14(7-9-17)12-2-1-8-16-10-12/h1-10H/b14-7+. The molecule has 0 spiro atoms. The highest BCUT2D eigenvalue weighted by Gasteiger charge is 2.04. The van der Waals surface area contributed by atoms with E-state index in [9.17, 15) is 4.79 Å². The monoisotopic (exact) mass is 287 g/mol. The van der Waals surface area contributed by atoms with Crippen LogP contribution in [-0.4, -0.2) is 11.3 Å². The van der Waals surface area contributed by atoms with Gasteiger partial charge in [0.15, 0.2) is 0 Å². The quantitative estimate of drug-likeness (QED) is 0.639. The normalized spacial score (nSPS) is 11.2. The molecule has 17 heavy (non-hydrogen) atoms. The van der Waals surface area contributed by atoms with E-state index < -0.39 is 0 Å². The number of hydrogen-bond donors (Lipinski definition) is 0. The van der Waals surface area contributed by atoms with E-state index in [4.69, 9.17) is 0 Å². The Morgan fingerprint density at radius 1 is 1.12 bits per heavy atom. The molecular weight excluding hydrogens is 278 g/mol. The van der Waals surface area contributed by atoms with Crippen LogP contribution in [0.1, 0.15) is 11.1 Å². The van der Waals surface area contributed by atoms with E-state index in [0.717, 1.165) is 27.5 Å². The molecule has 0 atom stereocenters. The second-order valence-corrected chi connectivity index (χ2v) is 4.38. The van der Waals surface area contributed by atoms with Crippen LogP contribution in [-0.2, 0) is 4.79 Å². The smallest absolute Gasteiger partial charge is 0.143 e. The molecule has 0 N–H and O–H groups in total. The number of rotatable bonds is 3. The molecule has 0 aliphatic rings. The summed E-state index contributed by atoms with van der Waals surface area (Å²) < 4.78 is 1.01. The first-order valence-corrected chi connectivity index (χ1v) is 5.92. The minimum atomic E-state index is 0.796. The molecular formula is C14H10BrNO. The number of aromatic nitrogens is 1. The highest BCUT2D eigenvalue weighted by atomic mass is 79.9. The Kier molecular flexibility index (Phi) is 3.83. The van der Waals surface area contributed by atoms with Crippen molar-refractivity contribution in [1.82, 2.24) is 4.98 Å². The van der Waals surface area contributed by atoms with Crippen molar-refractivity contribution in [3.63, 3.8) is 0 Å². The highest BCUT2D eigenvalue weighted by molar-refractivity contribution is 9.10. The number of carbonyl (C=O) groups excluding carboxylic acids is 1. The maximum atomic E-state index is 10.7. The van der Waals surface area contributed by atoms with Gasteiger partial charge in [-0.3, -0.25) is 9.78 Å². The van der Waals surface area contributed by atoms with Gasteiger partial charge in [0.05, 0.1) is 0 Å². The van der Waals surface area contributed by atoms with Crippen LogP contribution in [0.5, 0.6) is 0 Å². The van der Waals surface area contributed by atoms with Crippen molar-refractivity contribution in [1.29, 1.82) is 0 Å². The highest BCUT2D eigenvalue weighted by Crippen LogP contribution is 2.23. The van der Waals surface area contributed by atoms with E-state index in [-0.39, 0.29) is 0 Å². The Bertz CT molecular complexity index is 532. The summed E-state index contributed by atoms with van der Waals surface area (Å²) in [7, 11) is 0. The van der Waals surface area contributed by atoms with Gasteiger partial charge in [-0.1, -0.05) is 34.1 Å². The molecule has 2 aromatic rings. The third-order valence-electron chi connectivity index (χ3n) is 2.36. The zero-order valence-electron chi connectivity index (χ0n) is 9.01. The van der Waals surface area contributed by atoms with Crippen molar-refractivity contribution in [3.05, 3.63) is 70.5 Å². The number of hydrogen-bond acceptors (Lipinski definition) is 2. The molecule has 2 rings (SSSR count). The number of halogens is 1. The fourth-order valence-electron chi connectivity index (χ4n) is 1.58. The Morgan fingerprint density at radius 2 is 1.88 bits per heavy atom. The van der Waals surface area contributed by atoms with E-state index in [1.54, 1.807) is 18.5 Å². The molecule has 1 heterocycles. The van der Waals surface area contributed by atoms with E-state index in [1.165, 1.54) is 0 Å². The number of carbonyl (C=O) groups is 1. The summed E-state index contributed by atoms with van der Waals surface area (Å²) in [6.45, 7) is 0. The van der Waals surface area contributed by atoms with E-state index in [0.29, 0.717) is 0 Å². The lowest BCUT2D eigenvalue weighted by Crippen LogP contribution is -1.89. The van der Waals surface area contributed by atoms with Crippen LogP contribution in [0.2, 0.25) is 0 Å². The van der Waals surface area contributed by atoms with Crippen molar-refractivity contribution in [3.8, 4) is 0 Å². The van der Waals surface area contributed by atoms with Crippen LogP contribution in [0.3, 0.4) is 0 Å². The summed E-state index contributed by atoms with van der Waals surface area (Å²) in [6, 6.07) is 11.6. The zero-order valence-corrected chi connectivity index (χ0v) is 10.6. The van der Waals surface area contributed by atoms with Gasteiger partial charge in [-0.15, -0.1) is 0 Å². The third kappa shape index (κ3) is 2.88. The molecule has 0 bridgehead atoms. The first-order valence-electron chi connectivity index (χ1n) is 5.13. The number of allylic oxidation sites excluding steroid dienone is 1. The number of benzene rings is 1. The fourth-order valence-corrected chi connectivity index (χ4v) is 1.84. The molecule has 0 aliphatic carbocycles. The zero-order chi connectivity index (χ0) is 12.1. The van der Waals surface area contributed by atoms with Gasteiger partial charge in [0.2, 0.25) is 0 Å². The number of pyridine rings is 1. The van der Waals surface area contributed by atoms with Crippen molar-refractivity contribution in [2.45, 2.75) is 0 Å². The molecule has 1 aromatic carbocycles. The van der Waals surface area contributed by atoms with Crippen LogP contribution in [0, 0.1) is 0 Å². The summed E-state index contributed by atoms with van der Waals surface area (Å²) >= 11 is 3.39. The van der Waals surface area contributed by atoms with Crippen molar-refractivity contribution in [2.75, 3.05) is 0 Å². The van der Waals surface area contributed by atoms with Crippen LogP contribution in [0.25, 0.3) is 5.57 Å². The van der Waals surface area contributed by atoms with Gasteiger partial charge < -0.3 is 0 Å². The Balaban J connectivity index is 2.47. The molecule has 0 radical (unpaired) electrons. The minimum absolute atomic E-state index is 0.796. The van der Waals surface area contributed by atoms with Crippen molar-refractivity contribution < 1.29 is 4.79 Å². The van der Waals surface area contributed by atoms with Gasteiger partial charge in [0.25, 0.3) is 0 Å². The Labute approximate surface area is 108 Å². The van der Waals surface area contributed by atoms with Gasteiger partial charge in [-0.25, -0.2) is 0 Å². The lowest BCUT2D eigenvalue weighted by Gasteiger charge is -2.06. The Hall–Kier alpha value is -1.74. The van der Waals surface area contributed by atoms with Gasteiger partial charge in [0, 0.05) is 22.4 Å². The van der Waals surface area contributed by atoms with Gasteiger partial charge >= 0.3 is 0 Å². The van der Waals surface area contributed by atoms with E-state index in [2.05, 4.69) is 20.9 Å². The average molecular weight is 288 g/mol. The van der Waals surface area contributed by atoms with E-state index >= 15 is 0 Å². The van der Waals surface area contributed by atoms with Crippen molar-refractivity contribution in [2.24, 2.45) is 0 Å². The maximum absolute atomic E-state index is 10.7. The molecule has 1 aromatic heterocycles. The summed E-state index contributed by atoms with van der Waals surface area (Å²) in [4.78, 5) is 14.8. The summed E-state index contributed by atoms with van der Waals surface area (Å²) in [6.07, 6.45) is 5.81. The second kappa shape index (κ2) is 5.55. The molecule has 84 valence electrons. The van der Waals surface area contributed by atoms with Gasteiger partial charge in [-0.05, 0) is 35.4 Å². The minimum Gasteiger partial charge on any atom is -0.299 e. The SMILES string of the molecule is O=C/C=C(\c1ccc(Br)cc1)c1cccnc1. The van der Waals surface area contributed by atoms with Crippen LogP contribution in [0.4, 0.5) is 0 Å². The fraction of sp³-hybridized carbons (Fsp3) is 0. The van der Waals surface area contributed by atoms with Crippen LogP contribution < -0.4 is 0 Å². The number of aldehydes is 1. The van der Waals surface area contributed by atoms with Crippen LogP contribution >= 0.6 is 15.9 Å². The molecule has 0 amide bonds. The summed E-state index contributed by atoms with van der Waals surface area (Å²) in [5.41, 5.74) is 2.80. The molecule has 0 fully saturated rings. The predicted octanol–water partition coefficient (Wildman–Crippen LogP) is 3.47. The summed E-state index contributed by atoms with van der Waals surface area (Å²) in [5, 5.41) is 0. The maximum Gasteiger partial charge on any atom is 0.143 e. The summed E-state index contributed by atoms with van der Waals surface area (Å²) in [5.74, 6) is 0. The molecule has 3 heteroatoms. The molecule has 2 nitrogen and oxygen atoms in total. The third-order valence-corrected chi connectivity index (χ3v) is 2.89. The largest absolute Gasteiger partial charge is 0.299 e. The average Bonchev–Trinajstić information content (AvgIpc) is 2.38.